The zero-order chi connectivity index (χ0) is 20.1. The van der Waals surface area contributed by atoms with Crippen LogP contribution in [0.4, 0.5) is 8.78 Å². The fraction of sp³-hybridized carbons (Fsp3) is 0.500. The van der Waals surface area contributed by atoms with E-state index in [1.807, 2.05) is 0 Å². The number of aromatic nitrogens is 1. The highest BCUT2D eigenvalue weighted by Gasteiger charge is 2.22. The molecule has 28 heavy (non-hydrogen) atoms. The summed E-state index contributed by atoms with van der Waals surface area (Å²) < 4.78 is 37.1. The number of halogens is 2. The van der Waals surface area contributed by atoms with Gasteiger partial charge in [-0.2, -0.15) is 4.39 Å². The van der Waals surface area contributed by atoms with Gasteiger partial charge in [0.15, 0.2) is 23.9 Å². The predicted molar refractivity (Wildman–Crippen MR) is 99.0 cm³/mol. The second-order valence-electron chi connectivity index (χ2n) is 7.27. The van der Waals surface area contributed by atoms with Gasteiger partial charge < -0.3 is 19.4 Å². The van der Waals surface area contributed by atoms with Crippen molar-refractivity contribution in [2.75, 3.05) is 19.6 Å². The molecule has 6 nitrogen and oxygen atoms in total. The number of carbonyl (C=O) groups is 1. The molecule has 1 aromatic heterocycles. The summed E-state index contributed by atoms with van der Waals surface area (Å²) in [5, 5.41) is 2.89. The summed E-state index contributed by atoms with van der Waals surface area (Å²) in [6.07, 6.45) is 3.44. The van der Waals surface area contributed by atoms with E-state index in [-0.39, 0.29) is 29.8 Å². The van der Waals surface area contributed by atoms with E-state index >= 15 is 0 Å². The standard InChI is InChI=1S/C20H25F2N3O3/c1-13(2)25-8-4-5-14(10-25)9-23-20(26)16-11-28-18(24-16)12-27-17-7-3-6-15(21)19(17)22/h3,6-7,11,13-14H,4-5,8-10,12H2,1-2H3,(H,23,26). The van der Waals surface area contributed by atoms with E-state index in [2.05, 4.69) is 29.0 Å². The van der Waals surface area contributed by atoms with Crippen LogP contribution in [0.25, 0.3) is 0 Å². The van der Waals surface area contributed by atoms with Crippen molar-refractivity contribution in [2.45, 2.75) is 39.3 Å². The molecular formula is C20H25F2N3O3. The molecule has 1 amide bonds. The van der Waals surface area contributed by atoms with Crippen LogP contribution in [0, 0.1) is 17.6 Å². The minimum Gasteiger partial charge on any atom is -0.481 e. The molecule has 152 valence electrons. The van der Waals surface area contributed by atoms with Gasteiger partial charge in [0.25, 0.3) is 5.91 Å². The SMILES string of the molecule is CC(C)N1CCCC(CNC(=O)c2coc(COc3cccc(F)c3F)n2)C1. The lowest BCUT2D eigenvalue weighted by Gasteiger charge is -2.35. The van der Waals surface area contributed by atoms with Gasteiger partial charge >= 0.3 is 0 Å². The highest BCUT2D eigenvalue weighted by Crippen LogP contribution is 2.20. The lowest BCUT2D eigenvalue weighted by atomic mass is 9.97. The van der Waals surface area contributed by atoms with E-state index in [0.717, 1.165) is 32.0 Å². The van der Waals surface area contributed by atoms with Crippen LogP contribution in [0.5, 0.6) is 5.75 Å². The first-order valence-corrected chi connectivity index (χ1v) is 9.47. The van der Waals surface area contributed by atoms with Crippen molar-refractivity contribution in [2.24, 2.45) is 5.92 Å². The molecule has 2 heterocycles. The number of benzene rings is 1. The van der Waals surface area contributed by atoms with Gasteiger partial charge in [-0.3, -0.25) is 4.79 Å². The van der Waals surface area contributed by atoms with Gasteiger partial charge in [0.2, 0.25) is 11.7 Å². The Kier molecular flexibility index (Phi) is 6.61. The molecule has 1 aliphatic heterocycles. The maximum Gasteiger partial charge on any atom is 0.273 e. The molecule has 3 rings (SSSR count). The van der Waals surface area contributed by atoms with E-state index in [9.17, 15) is 13.6 Å². The molecule has 1 unspecified atom stereocenters. The predicted octanol–water partition coefficient (Wildman–Crippen LogP) is 3.38. The monoisotopic (exact) mass is 393 g/mol. The molecule has 2 aromatic rings. The number of likely N-dealkylation sites (tertiary alicyclic amines) is 1. The molecule has 0 spiro atoms. The van der Waals surface area contributed by atoms with E-state index in [1.54, 1.807) is 0 Å². The Labute approximate surface area is 162 Å². The van der Waals surface area contributed by atoms with Crippen LogP contribution in [0.2, 0.25) is 0 Å². The highest BCUT2D eigenvalue weighted by atomic mass is 19.2. The van der Waals surface area contributed by atoms with Gasteiger partial charge in [0, 0.05) is 19.1 Å². The number of hydrogen-bond acceptors (Lipinski definition) is 5. The van der Waals surface area contributed by atoms with Crippen LogP contribution in [-0.4, -0.2) is 41.5 Å². The van der Waals surface area contributed by atoms with E-state index in [0.29, 0.717) is 18.5 Å². The molecule has 8 heteroatoms. The molecule has 0 aliphatic carbocycles. The summed E-state index contributed by atoms with van der Waals surface area (Å²) in [6, 6.07) is 4.15. The minimum atomic E-state index is -1.07. The molecule has 1 saturated heterocycles. The number of ether oxygens (including phenoxy) is 1. The van der Waals surface area contributed by atoms with Crippen LogP contribution in [0.3, 0.4) is 0 Å². The van der Waals surface area contributed by atoms with Crippen molar-refractivity contribution in [1.29, 1.82) is 0 Å². The first-order valence-electron chi connectivity index (χ1n) is 9.47. The van der Waals surface area contributed by atoms with Gasteiger partial charge in [-0.15, -0.1) is 0 Å². The second-order valence-corrected chi connectivity index (χ2v) is 7.27. The molecule has 0 radical (unpaired) electrons. The van der Waals surface area contributed by atoms with Crippen molar-refractivity contribution < 1.29 is 22.7 Å². The number of piperidine rings is 1. The zero-order valence-electron chi connectivity index (χ0n) is 16.1. The van der Waals surface area contributed by atoms with Gasteiger partial charge in [-0.05, 0) is 51.3 Å². The third-order valence-corrected chi connectivity index (χ3v) is 4.88. The Morgan fingerprint density at radius 1 is 1.43 bits per heavy atom. The van der Waals surface area contributed by atoms with Crippen molar-refractivity contribution in [3.8, 4) is 5.75 Å². The largest absolute Gasteiger partial charge is 0.481 e. The average Bonchev–Trinajstić information content (AvgIpc) is 3.16. The normalized spacial score (nSPS) is 17.7. The topological polar surface area (TPSA) is 67.6 Å². The van der Waals surface area contributed by atoms with Crippen LogP contribution in [-0.2, 0) is 6.61 Å². The summed E-state index contributed by atoms with van der Waals surface area (Å²) in [4.78, 5) is 18.8. The number of hydrogen-bond donors (Lipinski definition) is 1. The lowest BCUT2D eigenvalue weighted by Crippen LogP contribution is -2.43. The lowest BCUT2D eigenvalue weighted by molar-refractivity contribution is 0.0917. The smallest absolute Gasteiger partial charge is 0.273 e. The third-order valence-electron chi connectivity index (χ3n) is 4.88. The maximum absolute atomic E-state index is 13.6. The first-order chi connectivity index (χ1) is 13.4. The molecule has 1 atom stereocenters. The summed E-state index contributed by atoms with van der Waals surface area (Å²) in [6.45, 7) is 6.79. The fourth-order valence-corrected chi connectivity index (χ4v) is 3.28. The minimum absolute atomic E-state index is 0.109. The number of nitrogens with one attached hydrogen (secondary N) is 1. The number of rotatable bonds is 7. The Balaban J connectivity index is 1.49. The van der Waals surface area contributed by atoms with E-state index in [4.69, 9.17) is 9.15 Å². The fourth-order valence-electron chi connectivity index (χ4n) is 3.28. The third kappa shape index (κ3) is 5.07. The Morgan fingerprint density at radius 2 is 2.25 bits per heavy atom. The van der Waals surface area contributed by atoms with Gasteiger partial charge in [0.05, 0.1) is 0 Å². The van der Waals surface area contributed by atoms with Crippen molar-refractivity contribution in [3.05, 3.63) is 47.7 Å². The van der Waals surface area contributed by atoms with Gasteiger partial charge in [-0.1, -0.05) is 6.07 Å². The van der Waals surface area contributed by atoms with Crippen molar-refractivity contribution >= 4 is 5.91 Å². The van der Waals surface area contributed by atoms with Crippen LogP contribution < -0.4 is 10.1 Å². The molecule has 1 N–H and O–H groups in total. The Hall–Kier alpha value is -2.48. The summed E-state index contributed by atoms with van der Waals surface area (Å²) in [5.74, 6) is -2.12. The molecule has 1 aromatic carbocycles. The summed E-state index contributed by atoms with van der Waals surface area (Å²) >= 11 is 0. The number of amides is 1. The first kappa shape index (κ1) is 20.3. The Bertz CT molecular complexity index is 810. The van der Waals surface area contributed by atoms with Crippen LogP contribution >= 0.6 is 0 Å². The van der Waals surface area contributed by atoms with Crippen molar-refractivity contribution in [3.63, 3.8) is 0 Å². The van der Waals surface area contributed by atoms with E-state index < -0.39 is 11.6 Å². The molecule has 1 fully saturated rings. The van der Waals surface area contributed by atoms with Crippen molar-refractivity contribution in [1.82, 2.24) is 15.2 Å². The second kappa shape index (κ2) is 9.14. The van der Waals surface area contributed by atoms with Crippen LogP contribution in [0.1, 0.15) is 43.1 Å². The number of carbonyl (C=O) groups excluding carboxylic acids is 1. The zero-order valence-corrected chi connectivity index (χ0v) is 16.1. The average molecular weight is 393 g/mol. The maximum atomic E-state index is 13.6. The van der Waals surface area contributed by atoms with E-state index in [1.165, 1.54) is 18.4 Å². The summed E-state index contributed by atoms with van der Waals surface area (Å²) in [7, 11) is 0. The van der Waals surface area contributed by atoms with Gasteiger partial charge in [-0.25, -0.2) is 9.37 Å². The molecule has 0 saturated carbocycles. The summed E-state index contributed by atoms with van der Waals surface area (Å²) in [5.41, 5.74) is 0.134. The van der Waals surface area contributed by atoms with Crippen LogP contribution in [0.15, 0.2) is 28.9 Å². The number of nitrogens with zero attached hydrogens (tertiary/aromatic N) is 2. The highest BCUT2D eigenvalue weighted by molar-refractivity contribution is 5.91. The van der Waals surface area contributed by atoms with Gasteiger partial charge in [0.1, 0.15) is 6.26 Å². The number of oxazole rings is 1. The quantitative estimate of drug-likeness (QED) is 0.781. The molecule has 1 aliphatic rings. The Morgan fingerprint density at radius 3 is 3.04 bits per heavy atom. The molecular weight excluding hydrogens is 368 g/mol. The molecule has 0 bridgehead atoms.